The van der Waals surface area contributed by atoms with Crippen LogP contribution in [0.2, 0.25) is 5.15 Å². The maximum atomic E-state index is 13.4. The van der Waals surface area contributed by atoms with Crippen LogP contribution in [0.1, 0.15) is 18.4 Å². The molecule has 1 fully saturated rings. The Morgan fingerprint density at radius 2 is 1.97 bits per heavy atom. The summed E-state index contributed by atoms with van der Waals surface area (Å²) in [5, 5.41) is 9.98. The minimum absolute atomic E-state index is 0.0457. The van der Waals surface area contributed by atoms with Crippen molar-refractivity contribution in [2.45, 2.75) is 18.9 Å². The van der Waals surface area contributed by atoms with E-state index in [4.69, 9.17) is 21.1 Å². The van der Waals surface area contributed by atoms with Crippen LogP contribution in [0, 0.1) is 17.1 Å². The van der Waals surface area contributed by atoms with E-state index in [1.165, 1.54) is 23.8 Å². The van der Waals surface area contributed by atoms with Gasteiger partial charge in [0.1, 0.15) is 34.2 Å². The highest BCUT2D eigenvalue weighted by Gasteiger charge is 2.27. The van der Waals surface area contributed by atoms with Crippen molar-refractivity contribution in [2.24, 2.45) is 7.05 Å². The molecule has 9 heteroatoms. The predicted molar refractivity (Wildman–Crippen MR) is 116 cm³/mol. The monoisotopic (exact) mass is 442 g/mol. The number of ether oxygens (including phenoxy) is 2. The molecule has 0 amide bonds. The smallest absolute Gasteiger partial charge is 0.270 e. The molecule has 4 rings (SSSR count). The number of benzene rings is 1. The molecule has 0 saturated carbocycles. The van der Waals surface area contributed by atoms with Crippen LogP contribution in [0.3, 0.4) is 0 Å². The zero-order valence-corrected chi connectivity index (χ0v) is 17.8. The topological polar surface area (TPSA) is 80.4 Å². The molecule has 7 nitrogen and oxygen atoms in total. The molecule has 0 bridgehead atoms. The van der Waals surface area contributed by atoms with Crippen LogP contribution >= 0.6 is 11.6 Å². The molecular formula is C22H20ClFN4O3. The van der Waals surface area contributed by atoms with Crippen molar-refractivity contribution >= 4 is 28.3 Å². The molecule has 1 aliphatic rings. The molecule has 31 heavy (non-hydrogen) atoms. The van der Waals surface area contributed by atoms with Crippen LogP contribution in [0.15, 0.2) is 35.1 Å². The third kappa shape index (κ3) is 3.89. The van der Waals surface area contributed by atoms with Gasteiger partial charge in [0.05, 0.1) is 18.3 Å². The maximum absolute atomic E-state index is 13.4. The number of pyridine rings is 2. The lowest BCUT2D eigenvalue weighted by Gasteiger charge is -2.34. The second-order valence-corrected chi connectivity index (χ2v) is 7.69. The Morgan fingerprint density at radius 3 is 2.65 bits per heavy atom. The van der Waals surface area contributed by atoms with Crippen molar-refractivity contribution in [3.63, 3.8) is 0 Å². The van der Waals surface area contributed by atoms with Crippen molar-refractivity contribution in [2.75, 3.05) is 25.1 Å². The SMILES string of the molecule is COc1cc(F)ccc1OC1CCN(c2c(C#N)c(=O)n(C)c3ccc(Cl)nc23)CC1. The molecule has 0 radical (unpaired) electrons. The van der Waals surface area contributed by atoms with E-state index in [2.05, 4.69) is 4.98 Å². The Balaban J connectivity index is 1.62. The summed E-state index contributed by atoms with van der Waals surface area (Å²) in [6, 6.07) is 9.55. The van der Waals surface area contributed by atoms with Crippen LogP contribution in [0.5, 0.6) is 11.5 Å². The molecule has 1 saturated heterocycles. The number of rotatable bonds is 4. The van der Waals surface area contributed by atoms with Gasteiger partial charge in [-0.15, -0.1) is 0 Å². The number of hydrogen-bond acceptors (Lipinski definition) is 6. The Bertz CT molecular complexity index is 1250. The first-order valence-corrected chi connectivity index (χ1v) is 10.1. The number of nitriles is 1. The number of methoxy groups -OCH3 is 1. The Morgan fingerprint density at radius 1 is 1.23 bits per heavy atom. The van der Waals surface area contributed by atoms with Crippen molar-refractivity contribution in [1.29, 1.82) is 5.26 Å². The zero-order chi connectivity index (χ0) is 22.1. The summed E-state index contributed by atoms with van der Waals surface area (Å²) in [6.07, 6.45) is 1.17. The van der Waals surface area contributed by atoms with Crippen LogP contribution in [0.4, 0.5) is 10.1 Å². The van der Waals surface area contributed by atoms with E-state index in [0.29, 0.717) is 54.2 Å². The zero-order valence-electron chi connectivity index (χ0n) is 17.1. The third-order valence-electron chi connectivity index (χ3n) is 5.47. The van der Waals surface area contributed by atoms with Crippen molar-refractivity contribution < 1.29 is 13.9 Å². The molecule has 0 unspecified atom stereocenters. The molecule has 1 aliphatic heterocycles. The summed E-state index contributed by atoms with van der Waals surface area (Å²) in [5.74, 6) is 0.421. The number of nitrogens with zero attached hydrogens (tertiary/aromatic N) is 4. The van der Waals surface area contributed by atoms with Crippen LogP contribution in [-0.4, -0.2) is 35.9 Å². The second kappa shape index (κ2) is 8.44. The van der Waals surface area contributed by atoms with Gasteiger partial charge in [0.15, 0.2) is 11.5 Å². The maximum Gasteiger partial charge on any atom is 0.270 e. The Kier molecular flexibility index (Phi) is 5.70. The molecular weight excluding hydrogens is 423 g/mol. The van der Waals surface area contributed by atoms with Gasteiger partial charge in [0.25, 0.3) is 5.56 Å². The fraction of sp³-hybridized carbons (Fsp3) is 0.318. The first-order chi connectivity index (χ1) is 14.9. The fourth-order valence-electron chi connectivity index (χ4n) is 3.89. The van der Waals surface area contributed by atoms with Crippen molar-refractivity contribution in [3.8, 4) is 17.6 Å². The number of aromatic nitrogens is 2. The van der Waals surface area contributed by atoms with Gasteiger partial charge in [0.2, 0.25) is 0 Å². The van der Waals surface area contributed by atoms with Gasteiger partial charge in [-0.05, 0) is 24.3 Å². The van der Waals surface area contributed by atoms with E-state index in [9.17, 15) is 14.4 Å². The summed E-state index contributed by atoms with van der Waals surface area (Å²) in [7, 11) is 3.08. The van der Waals surface area contributed by atoms with Gasteiger partial charge in [-0.2, -0.15) is 5.26 Å². The lowest BCUT2D eigenvalue weighted by atomic mass is 10.0. The Labute approximate surface area is 183 Å². The van der Waals surface area contributed by atoms with Crippen molar-refractivity contribution in [3.05, 3.63) is 57.2 Å². The van der Waals surface area contributed by atoms with Gasteiger partial charge in [-0.25, -0.2) is 9.37 Å². The molecule has 0 atom stereocenters. The van der Waals surface area contributed by atoms with E-state index in [1.807, 2.05) is 11.0 Å². The minimum atomic E-state index is -0.397. The van der Waals surface area contributed by atoms with E-state index >= 15 is 0 Å². The highest BCUT2D eigenvalue weighted by Crippen LogP contribution is 2.33. The standard InChI is InChI=1S/C22H20ClFN4O3/c1-27-16-4-6-19(23)26-20(16)21(15(12-25)22(27)29)28-9-7-14(8-10-28)31-17-5-3-13(24)11-18(17)30-2/h3-6,11,14H,7-10H2,1-2H3. The number of fused-ring (bicyclic) bond motifs is 1. The summed E-state index contributed by atoms with van der Waals surface area (Å²) in [6.45, 7) is 1.11. The summed E-state index contributed by atoms with van der Waals surface area (Å²) in [4.78, 5) is 19.1. The molecule has 160 valence electrons. The van der Waals surface area contributed by atoms with Crippen molar-refractivity contribution in [1.82, 2.24) is 9.55 Å². The first-order valence-electron chi connectivity index (χ1n) is 9.77. The lowest BCUT2D eigenvalue weighted by molar-refractivity contribution is 0.164. The van der Waals surface area contributed by atoms with E-state index in [1.54, 1.807) is 25.2 Å². The van der Waals surface area contributed by atoms with Gasteiger partial charge in [-0.1, -0.05) is 11.6 Å². The number of halogens is 2. The molecule has 3 heterocycles. The first kappa shape index (κ1) is 20.9. The minimum Gasteiger partial charge on any atom is -0.493 e. The molecule has 0 spiro atoms. The number of anilines is 1. The van der Waals surface area contributed by atoms with Crippen LogP contribution in [0.25, 0.3) is 11.0 Å². The Hall–Kier alpha value is -3.31. The molecule has 0 aliphatic carbocycles. The molecule has 3 aromatic rings. The highest BCUT2D eigenvalue weighted by atomic mass is 35.5. The summed E-state index contributed by atoms with van der Waals surface area (Å²) in [5.41, 5.74) is 1.30. The molecule has 2 aromatic heterocycles. The normalized spacial score (nSPS) is 14.5. The average molecular weight is 443 g/mol. The molecule has 0 N–H and O–H groups in total. The van der Waals surface area contributed by atoms with Gasteiger partial charge in [0, 0.05) is 39.0 Å². The third-order valence-corrected chi connectivity index (χ3v) is 5.68. The van der Waals surface area contributed by atoms with E-state index in [-0.39, 0.29) is 22.4 Å². The number of aryl methyl sites for hydroxylation is 1. The number of piperidine rings is 1. The predicted octanol–water partition coefficient (Wildman–Crippen LogP) is 3.65. The largest absolute Gasteiger partial charge is 0.493 e. The van der Waals surface area contributed by atoms with Gasteiger partial charge in [-0.3, -0.25) is 4.79 Å². The van der Waals surface area contributed by atoms with E-state index in [0.717, 1.165) is 0 Å². The molecule has 1 aromatic carbocycles. The fourth-order valence-corrected chi connectivity index (χ4v) is 4.04. The van der Waals surface area contributed by atoms with Gasteiger partial charge >= 0.3 is 0 Å². The van der Waals surface area contributed by atoms with E-state index < -0.39 is 5.82 Å². The van der Waals surface area contributed by atoms with Crippen LogP contribution < -0.4 is 19.9 Å². The lowest BCUT2D eigenvalue weighted by Crippen LogP contribution is -2.40. The average Bonchev–Trinajstić information content (AvgIpc) is 2.77. The highest BCUT2D eigenvalue weighted by molar-refractivity contribution is 6.29. The summed E-state index contributed by atoms with van der Waals surface area (Å²) >= 11 is 6.11. The van der Waals surface area contributed by atoms with Crippen LogP contribution in [-0.2, 0) is 7.05 Å². The number of hydrogen-bond donors (Lipinski definition) is 0. The van der Waals surface area contributed by atoms with Gasteiger partial charge < -0.3 is 18.9 Å². The quantitative estimate of drug-likeness (QED) is 0.574. The summed E-state index contributed by atoms with van der Waals surface area (Å²) < 4.78 is 26.1. The second-order valence-electron chi connectivity index (χ2n) is 7.30.